The number of aromatic nitrogens is 2. The molecule has 0 bridgehead atoms. The molecule has 0 radical (unpaired) electrons. The third-order valence-corrected chi connectivity index (χ3v) is 3.94. The monoisotopic (exact) mass is 281 g/mol. The average molecular weight is 282 g/mol. The standard InChI is InChI=1S/C12H16BrN3/c1-4-7(2)11-12(14)16-8(3)9(13)5-6-10(16)15-11/h5-7H,4,14H2,1-3H3. The lowest BCUT2D eigenvalue weighted by Gasteiger charge is -2.07. The molecule has 0 fully saturated rings. The number of aryl methyl sites for hydroxylation is 1. The molecule has 2 N–H and O–H groups in total. The predicted octanol–water partition coefficient (Wildman–Crippen LogP) is 3.50. The zero-order valence-corrected chi connectivity index (χ0v) is 11.4. The normalized spacial score (nSPS) is 13.2. The molecule has 0 aliphatic carbocycles. The van der Waals surface area contributed by atoms with Gasteiger partial charge in [0.15, 0.2) is 0 Å². The second kappa shape index (κ2) is 4.09. The number of hydrogen-bond acceptors (Lipinski definition) is 2. The topological polar surface area (TPSA) is 43.3 Å². The van der Waals surface area contributed by atoms with E-state index >= 15 is 0 Å². The van der Waals surface area contributed by atoms with Crippen LogP contribution in [0.1, 0.15) is 37.6 Å². The molecule has 86 valence electrons. The molecule has 3 nitrogen and oxygen atoms in total. The molecule has 0 amide bonds. The number of nitrogens with zero attached hydrogens (tertiary/aromatic N) is 2. The van der Waals surface area contributed by atoms with Gasteiger partial charge in [0, 0.05) is 16.1 Å². The Bertz CT molecular complexity index is 531. The number of anilines is 1. The van der Waals surface area contributed by atoms with Crippen LogP contribution in [0.2, 0.25) is 0 Å². The highest BCUT2D eigenvalue weighted by molar-refractivity contribution is 9.10. The fourth-order valence-corrected chi connectivity index (χ4v) is 2.17. The van der Waals surface area contributed by atoms with Crippen molar-refractivity contribution in [2.24, 2.45) is 0 Å². The summed E-state index contributed by atoms with van der Waals surface area (Å²) in [5.74, 6) is 1.17. The van der Waals surface area contributed by atoms with E-state index in [0.29, 0.717) is 5.92 Å². The quantitative estimate of drug-likeness (QED) is 0.916. The number of nitrogens with two attached hydrogens (primary N) is 1. The van der Waals surface area contributed by atoms with Crippen LogP contribution in [-0.4, -0.2) is 9.38 Å². The van der Waals surface area contributed by atoms with Gasteiger partial charge in [-0.25, -0.2) is 4.98 Å². The van der Waals surface area contributed by atoms with E-state index in [9.17, 15) is 0 Å². The van der Waals surface area contributed by atoms with Gasteiger partial charge in [-0.05, 0) is 41.4 Å². The number of rotatable bonds is 2. The Kier molecular flexibility index (Phi) is 2.93. The van der Waals surface area contributed by atoms with Crippen LogP contribution < -0.4 is 5.73 Å². The summed E-state index contributed by atoms with van der Waals surface area (Å²) < 4.78 is 3.06. The molecular formula is C12H16BrN3. The van der Waals surface area contributed by atoms with Gasteiger partial charge in [0.1, 0.15) is 11.5 Å². The third-order valence-electron chi connectivity index (χ3n) is 3.11. The first-order valence-corrected chi connectivity index (χ1v) is 6.28. The Morgan fingerprint density at radius 1 is 1.50 bits per heavy atom. The van der Waals surface area contributed by atoms with Crippen LogP contribution >= 0.6 is 15.9 Å². The Morgan fingerprint density at radius 3 is 2.81 bits per heavy atom. The molecule has 0 aliphatic heterocycles. The number of halogens is 1. The van der Waals surface area contributed by atoms with Crippen molar-refractivity contribution in [3.8, 4) is 0 Å². The van der Waals surface area contributed by atoms with Crippen LogP contribution in [0.3, 0.4) is 0 Å². The van der Waals surface area contributed by atoms with E-state index < -0.39 is 0 Å². The summed E-state index contributed by atoms with van der Waals surface area (Å²) in [5, 5.41) is 0. The highest BCUT2D eigenvalue weighted by atomic mass is 79.9. The van der Waals surface area contributed by atoms with Crippen molar-refractivity contribution < 1.29 is 0 Å². The van der Waals surface area contributed by atoms with Gasteiger partial charge in [-0.2, -0.15) is 0 Å². The molecule has 2 heterocycles. The Balaban J connectivity index is 2.74. The fraction of sp³-hybridized carbons (Fsp3) is 0.417. The first-order valence-electron chi connectivity index (χ1n) is 5.49. The summed E-state index contributed by atoms with van der Waals surface area (Å²) in [4.78, 5) is 4.60. The molecule has 4 heteroatoms. The molecule has 2 rings (SSSR count). The first-order chi connectivity index (χ1) is 7.56. The van der Waals surface area contributed by atoms with Crippen LogP contribution in [0.15, 0.2) is 16.6 Å². The zero-order valence-electron chi connectivity index (χ0n) is 9.79. The lowest BCUT2D eigenvalue weighted by atomic mass is 10.1. The maximum Gasteiger partial charge on any atom is 0.138 e. The van der Waals surface area contributed by atoms with E-state index in [0.717, 1.165) is 33.7 Å². The van der Waals surface area contributed by atoms with Crippen LogP contribution in [0.5, 0.6) is 0 Å². The highest BCUT2D eigenvalue weighted by Gasteiger charge is 2.16. The number of pyridine rings is 1. The Labute approximate surface area is 104 Å². The van der Waals surface area contributed by atoms with Crippen molar-refractivity contribution in [1.82, 2.24) is 9.38 Å². The smallest absolute Gasteiger partial charge is 0.138 e. The van der Waals surface area contributed by atoms with Gasteiger partial charge < -0.3 is 5.73 Å². The molecule has 1 atom stereocenters. The summed E-state index contributed by atoms with van der Waals surface area (Å²) in [6.07, 6.45) is 1.05. The van der Waals surface area contributed by atoms with E-state index in [1.165, 1.54) is 0 Å². The largest absolute Gasteiger partial charge is 0.383 e. The first kappa shape index (κ1) is 11.5. The van der Waals surface area contributed by atoms with Crippen molar-refractivity contribution in [1.29, 1.82) is 0 Å². The maximum absolute atomic E-state index is 6.16. The van der Waals surface area contributed by atoms with E-state index in [2.05, 4.69) is 34.8 Å². The summed E-state index contributed by atoms with van der Waals surface area (Å²) >= 11 is 3.51. The van der Waals surface area contributed by atoms with Crippen molar-refractivity contribution in [2.45, 2.75) is 33.1 Å². The summed E-state index contributed by atoms with van der Waals surface area (Å²) in [5.41, 5.74) is 9.19. The van der Waals surface area contributed by atoms with Crippen LogP contribution in [0.25, 0.3) is 5.65 Å². The van der Waals surface area contributed by atoms with Gasteiger partial charge in [-0.3, -0.25) is 4.40 Å². The van der Waals surface area contributed by atoms with Crippen LogP contribution in [0.4, 0.5) is 5.82 Å². The van der Waals surface area contributed by atoms with E-state index in [1.807, 2.05) is 23.5 Å². The van der Waals surface area contributed by atoms with Gasteiger partial charge in [0.05, 0.1) is 5.69 Å². The number of hydrogen-bond donors (Lipinski definition) is 1. The van der Waals surface area contributed by atoms with Gasteiger partial charge in [0.2, 0.25) is 0 Å². The van der Waals surface area contributed by atoms with Gasteiger partial charge in [0.25, 0.3) is 0 Å². The Hall–Kier alpha value is -1.03. The van der Waals surface area contributed by atoms with Crippen LogP contribution in [0, 0.1) is 6.92 Å². The predicted molar refractivity (Wildman–Crippen MR) is 70.7 cm³/mol. The SMILES string of the molecule is CCC(C)c1nc2ccc(Br)c(C)n2c1N. The van der Waals surface area contributed by atoms with E-state index in [4.69, 9.17) is 5.73 Å². The molecule has 2 aromatic heterocycles. The lowest BCUT2D eigenvalue weighted by Crippen LogP contribution is -2.01. The molecule has 0 aromatic carbocycles. The van der Waals surface area contributed by atoms with Crippen molar-refractivity contribution in [3.63, 3.8) is 0 Å². The Morgan fingerprint density at radius 2 is 2.19 bits per heavy atom. The van der Waals surface area contributed by atoms with Gasteiger partial charge >= 0.3 is 0 Å². The maximum atomic E-state index is 6.16. The summed E-state index contributed by atoms with van der Waals surface area (Å²) in [6, 6.07) is 4.00. The minimum absolute atomic E-state index is 0.401. The number of imidazole rings is 1. The van der Waals surface area contributed by atoms with Crippen molar-refractivity contribution >= 4 is 27.4 Å². The molecule has 1 unspecified atom stereocenters. The highest BCUT2D eigenvalue weighted by Crippen LogP contribution is 2.28. The second-order valence-corrected chi connectivity index (χ2v) is 5.01. The third kappa shape index (κ3) is 1.61. The van der Waals surface area contributed by atoms with E-state index in [-0.39, 0.29) is 0 Å². The molecule has 0 aliphatic rings. The number of fused-ring (bicyclic) bond motifs is 1. The van der Waals surface area contributed by atoms with Gasteiger partial charge in [-0.15, -0.1) is 0 Å². The molecule has 0 saturated heterocycles. The summed E-state index contributed by atoms with van der Waals surface area (Å²) in [7, 11) is 0. The minimum Gasteiger partial charge on any atom is -0.383 e. The molecular weight excluding hydrogens is 266 g/mol. The van der Waals surface area contributed by atoms with Crippen molar-refractivity contribution in [3.05, 3.63) is 28.0 Å². The zero-order chi connectivity index (χ0) is 11.9. The summed E-state index contributed by atoms with van der Waals surface area (Å²) in [6.45, 7) is 6.34. The minimum atomic E-state index is 0.401. The van der Waals surface area contributed by atoms with Gasteiger partial charge in [-0.1, -0.05) is 13.8 Å². The fourth-order valence-electron chi connectivity index (χ4n) is 1.86. The molecule has 16 heavy (non-hydrogen) atoms. The van der Waals surface area contributed by atoms with Crippen LogP contribution in [-0.2, 0) is 0 Å². The van der Waals surface area contributed by atoms with E-state index in [1.54, 1.807) is 0 Å². The molecule has 0 spiro atoms. The number of nitrogen functional groups attached to an aromatic ring is 1. The van der Waals surface area contributed by atoms with Crippen molar-refractivity contribution in [2.75, 3.05) is 5.73 Å². The lowest BCUT2D eigenvalue weighted by molar-refractivity contribution is 0.716. The average Bonchev–Trinajstić information content (AvgIpc) is 2.61. The molecule has 0 saturated carbocycles. The second-order valence-electron chi connectivity index (χ2n) is 4.15. The molecule has 2 aromatic rings.